The number of halogens is 2. The van der Waals surface area contributed by atoms with Gasteiger partial charge in [0.2, 0.25) is 0 Å². The number of hydrogen-bond acceptors (Lipinski definition) is 3. The van der Waals surface area contributed by atoms with Crippen LogP contribution in [0.25, 0.3) is 11.3 Å². The van der Waals surface area contributed by atoms with E-state index in [9.17, 15) is 4.79 Å². The van der Waals surface area contributed by atoms with Gasteiger partial charge in [0.25, 0.3) is 5.91 Å². The van der Waals surface area contributed by atoms with Gasteiger partial charge in [0.1, 0.15) is 0 Å². The maximum absolute atomic E-state index is 12.6. The number of amides is 1. The molecule has 1 amide bonds. The van der Waals surface area contributed by atoms with Crippen LogP contribution in [0.2, 0.25) is 5.02 Å². The highest BCUT2D eigenvalue weighted by Gasteiger charge is 2.27. The number of aromatic nitrogens is 2. The molecular formula is C17H22Cl2N4O. The van der Waals surface area contributed by atoms with Gasteiger partial charge < -0.3 is 10.6 Å². The molecule has 2 heterocycles. The maximum Gasteiger partial charge on any atom is 0.255 e. The minimum atomic E-state index is -0.103. The van der Waals surface area contributed by atoms with Crippen LogP contribution in [0.15, 0.2) is 30.5 Å². The zero-order chi connectivity index (χ0) is 16.3. The van der Waals surface area contributed by atoms with Gasteiger partial charge in [0.15, 0.2) is 0 Å². The normalized spacial score (nSPS) is 16.2. The van der Waals surface area contributed by atoms with Crippen molar-refractivity contribution in [3.8, 4) is 11.3 Å². The van der Waals surface area contributed by atoms with E-state index in [1.165, 1.54) is 0 Å². The molecule has 0 aliphatic carbocycles. The highest BCUT2D eigenvalue weighted by atomic mass is 35.5. The number of benzene rings is 1. The minimum Gasteiger partial charge on any atom is -0.351 e. The van der Waals surface area contributed by atoms with Crippen molar-refractivity contribution < 1.29 is 4.79 Å². The predicted molar refractivity (Wildman–Crippen MR) is 98.8 cm³/mol. The number of carbonyl (C=O) groups is 1. The largest absolute Gasteiger partial charge is 0.351 e. The van der Waals surface area contributed by atoms with E-state index < -0.39 is 0 Å². The molecule has 130 valence electrons. The Bertz CT molecular complexity index is 695. The number of carbonyl (C=O) groups excluding carboxylic acids is 1. The Morgan fingerprint density at radius 3 is 2.83 bits per heavy atom. The summed E-state index contributed by atoms with van der Waals surface area (Å²) in [6, 6.07) is 7.39. The molecule has 24 heavy (non-hydrogen) atoms. The highest BCUT2D eigenvalue weighted by Crippen LogP contribution is 2.27. The second-order valence-corrected chi connectivity index (χ2v) is 6.85. The summed E-state index contributed by atoms with van der Waals surface area (Å²) in [5, 5.41) is 14.0. The lowest BCUT2D eigenvalue weighted by Crippen LogP contribution is -2.42. The van der Waals surface area contributed by atoms with Gasteiger partial charge in [-0.3, -0.25) is 9.89 Å². The van der Waals surface area contributed by atoms with Crippen LogP contribution in [-0.2, 0) is 0 Å². The Kier molecular flexibility index (Phi) is 6.27. The molecule has 7 heteroatoms. The first-order chi connectivity index (χ1) is 11.1. The molecule has 1 aromatic carbocycles. The molecule has 1 aliphatic rings. The smallest absolute Gasteiger partial charge is 0.255 e. The average Bonchev–Trinajstić information content (AvgIpc) is 3.03. The van der Waals surface area contributed by atoms with Crippen molar-refractivity contribution in [1.82, 2.24) is 20.8 Å². The van der Waals surface area contributed by atoms with Gasteiger partial charge in [-0.2, -0.15) is 5.10 Å². The van der Waals surface area contributed by atoms with Crippen molar-refractivity contribution in [1.29, 1.82) is 0 Å². The molecule has 2 aromatic rings. The Morgan fingerprint density at radius 1 is 1.38 bits per heavy atom. The topological polar surface area (TPSA) is 69.8 Å². The molecule has 0 spiro atoms. The third-order valence-corrected chi connectivity index (χ3v) is 4.72. The summed E-state index contributed by atoms with van der Waals surface area (Å²) < 4.78 is 0. The van der Waals surface area contributed by atoms with Crippen LogP contribution >= 0.6 is 24.0 Å². The van der Waals surface area contributed by atoms with Crippen LogP contribution in [0.4, 0.5) is 0 Å². The SMILES string of the molecule is CC1(CNC(=O)c2cn[nH]c2-c2cccc(Cl)c2)CCNCC1.Cl. The third kappa shape index (κ3) is 4.29. The van der Waals surface area contributed by atoms with E-state index in [2.05, 4.69) is 27.8 Å². The molecule has 3 N–H and O–H groups in total. The van der Waals surface area contributed by atoms with Crippen molar-refractivity contribution in [2.75, 3.05) is 19.6 Å². The molecule has 0 radical (unpaired) electrons. The van der Waals surface area contributed by atoms with Gasteiger partial charge in [0, 0.05) is 17.1 Å². The summed E-state index contributed by atoms with van der Waals surface area (Å²) in [7, 11) is 0. The zero-order valence-electron chi connectivity index (χ0n) is 13.6. The Labute approximate surface area is 153 Å². The van der Waals surface area contributed by atoms with Gasteiger partial charge >= 0.3 is 0 Å². The van der Waals surface area contributed by atoms with E-state index >= 15 is 0 Å². The standard InChI is InChI=1S/C17H21ClN4O.ClH/c1-17(5-7-19-8-6-17)11-20-16(23)14-10-21-22-15(14)12-3-2-4-13(18)9-12;/h2-4,9-10,19H,5-8,11H2,1H3,(H,20,23)(H,21,22);1H. The van der Waals surface area contributed by atoms with E-state index in [1.54, 1.807) is 12.3 Å². The molecule has 0 atom stereocenters. The van der Waals surface area contributed by atoms with Gasteiger partial charge in [0.05, 0.1) is 17.5 Å². The predicted octanol–water partition coefficient (Wildman–Crippen LogP) is 3.27. The second kappa shape index (κ2) is 8.01. The van der Waals surface area contributed by atoms with Gasteiger partial charge in [-0.05, 0) is 43.5 Å². The van der Waals surface area contributed by atoms with Crippen LogP contribution in [0.5, 0.6) is 0 Å². The van der Waals surface area contributed by atoms with Crippen LogP contribution in [0.3, 0.4) is 0 Å². The second-order valence-electron chi connectivity index (χ2n) is 6.41. The number of nitrogens with zero attached hydrogens (tertiary/aromatic N) is 1. The van der Waals surface area contributed by atoms with Crippen LogP contribution in [0.1, 0.15) is 30.1 Å². The van der Waals surface area contributed by atoms with Crippen LogP contribution in [-0.4, -0.2) is 35.7 Å². The monoisotopic (exact) mass is 368 g/mol. The maximum atomic E-state index is 12.6. The molecule has 0 unspecified atom stereocenters. The summed E-state index contributed by atoms with van der Waals surface area (Å²) in [4.78, 5) is 12.6. The minimum absolute atomic E-state index is 0. The number of aromatic amines is 1. The molecule has 1 saturated heterocycles. The van der Waals surface area contributed by atoms with Crippen molar-refractivity contribution in [3.05, 3.63) is 41.0 Å². The summed E-state index contributed by atoms with van der Waals surface area (Å²) in [6.07, 6.45) is 3.70. The lowest BCUT2D eigenvalue weighted by atomic mass is 9.81. The quantitative estimate of drug-likeness (QED) is 0.775. The number of rotatable bonds is 4. The summed E-state index contributed by atoms with van der Waals surface area (Å²) in [6.45, 7) is 4.91. The van der Waals surface area contributed by atoms with E-state index in [0.29, 0.717) is 22.8 Å². The number of hydrogen-bond donors (Lipinski definition) is 3. The molecule has 5 nitrogen and oxygen atoms in total. The number of nitrogens with one attached hydrogen (secondary N) is 3. The van der Waals surface area contributed by atoms with Crippen molar-refractivity contribution >= 4 is 29.9 Å². The lowest BCUT2D eigenvalue weighted by Gasteiger charge is -2.34. The van der Waals surface area contributed by atoms with Crippen LogP contribution < -0.4 is 10.6 Å². The Morgan fingerprint density at radius 2 is 2.12 bits per heavy atom. The molecule has 3 rings (SSSR count). The van der Waals surface area contributed by atoms with E-state index in [1.807, 2.05) is 18.2 Å². The summed E-state index contributed by atoms with van der Waals surface area (Å²) in [5.74, 6) is -0.103. The fourth-order valence-electron chi connectivity index (χ4n) is 2.92. The third-order valence-electron chi connectivity index (χ3n) is 4.48. The first kappa shape index (κ1) is 18.8. The van der Waals surface area contributed by atoms with E-state index in [4.69, 9.17) is 11.6 Å². The number of H-pyrrole nitrogens is 1. The molecule has 1 fully saturated rings. The van der Waals surface area contributed by atoms with E-state index in [0.717, 1.165) is 31.5 Å². The fourth-order valence-corrected chi connectivity index (χ4v) is 3.11. The first-order valence-electron chi connectivity index (χ1n) is 7.86. The first-order valence-corrected chi connectivity index (χ1v) is 8.23. The Hall–Kier alpha value is -1.56. The lowest BCUT2D eigenvalue weighted by molar-refractivity contribution is 0.0923. The zero-order valence-corrected chi connectivity index (χ0v) is 15.1. The molecule has 1 aromatic heterocycles. The average molecular weight is 369 g/mol. The van der Waals surface area contributed by atoms with Crippen molar-refractivity contribution in [3.63, 3.8) is 0 Å². The number of piperidine rings is 1. The van der Waals surface area contributed by atoms with Gasteiger partial charge in [-0.15, -0.1) is 12.4 Å². The summed E-state index contributed by atoms with van der Waals surface area (Å²) in [5.41, 5.74) is 2.25. The van der Waals surface area contributed by atoms with E-state index in [-0.39, 0.29) is 23.7 Å². The fraction of sp³-hybridized carbons (Fsp3) is 0.412. The summed E-state index contributed by atoms with van der Waals surface area (Å²) >= 11 is 6.03. The highest BCUT2D eigenvalue weighted by molar-refractivity contribution is 6.30. The van der Waals surface area contributed by atoms with Crippen molar-refractivity contribution in [2.24, 2.45) is 5.41 Å². The molecule has 0 saturated carbocycles. The van der Waals surface area contributed by atoms with Crippen LogP contribution in [0, 0.1) is 5.41 Å². The molecule has 0 bridgehead atoms. The van der Waals surface area contributed by atoms with Gasteiger partial charge in [-0.1, -0.05) is 30.7 Å². The van der Waals surface area contributed by atoms with Crippen molar-refractivity contribution in [2.45, 2.75) is 19.8 Å². The molecular weight excluding hydrogens is 347 g/mol. The molecule has 1 aliphatic heterocycles. The van der Waals surface area contributed by atoms with Gasteiger partial charge in [-0.25, -0.2) is 0 Å². The Balaban J connectivity index is 0.00000208.